The zero-order valence-electron chi connectivity index (χ0n) is 22.7. The van der Waals surface area contributed by atoms with Crippen LogP contribution in [-0.4, -0.2) is 8.97 Å². The van der Waals surface area contributed by atoms with E-state index in [0.29, 0.717) is 0 Å². The third kappa shape index (κ3) is 3.09. The van der Waals surface area contributed by atoms with E-state index in [-0.39, 0.29) is 0 Å². The fourth-order valence-corrected chi connectivity index (χ4v) is 9.57. The first-order valence-corrected chi connectivity index (χ1v) is 15.9. The molecule has 0 atom stereocenters. The fourth-order valence-electron chi connectivity index (χ4n) is 6.92. The minimum absolute atomic E-state index is 0.831. The van der Waals surface area contributed by atoms with Crippen molar-refractivity contribution in [2.24, 2.45) is 0 Å². The van der Waals surface area contributed by atoms with E-state index in [9.17, 15) is 4.57 Å². The molecule has 9 aromatic rings. The molecule has 9 rings (SSSR count). The number of nitrogens with zero attached hydrogens (tertiary/aromatic N) is 2. The van der Waals surface area contributed by atoms with Gasteiger partial charge in [-0.25, -0.2) is 0 Å². The van der Waals surface area contributed by atoms with Gasteiger partial charge in [-0.1, -0.05) is 103 Å². The van der Waals surface area contributed by atoms with Crippen LogP contribution in [0.1, 0.15) is 0 Å². The molecule has 0 unspecified atom stereocenters. The number of aromatic nitrogens is 2. The molecule has 0 spiro atoms. The summed E-state index contributed by atoms with van der Waals surface area (Å²) in [6, 6.07) is 49.9. The maximum Gasteiger partial charge on any atom is 0.171 e. The second-order valence-electron chi connectivity index (χ2n) is 10.9. The zero-order valence-corrected chi connectivity index (χ0v) is 23.6. The molecule has 3 heterocycles. The minimum Gasteiger partial charge on any atom is -0.315 e. The Morgan fingerprint density at radius 3 is 1.71 bits per heavy atom. The standard InChI is InChI=1S/C38H25N2OP/c41-42(28-12-3-1-4-13-28,29-14-5-2-6-15-29)30-23-21-27(22-24-30)40-34-19-9-17-32-36(34)37-33(18-10-20-35(37)40)39-25-26-11-7-8-16-31(26)38(32)39/h1-25H. The van der Waals surface area contributed by atoms with E-state index in [1.165, 1.54) is 49.0 Å². The molecule has 0 bridgehead atoms. The predicted octanol–water partition coefficient (Wildman–Crippen LogP) is 8.42. The number of hydrogen-bond donors (Lipinski definition) is 0. The lowest BCUT2D eigenvalue weighted by Gasteiger charge is -2.20. The highest BCUT2D eigenvalue weighted by molar-refractivity contribution is 7.85. The van der Waals surface area contributed by atoms with Gasteiger partial charge in [0.15, 0.2) is 7.14 Å². The van der Waals surface area contributed by atoms with Gasteiger partial charge in [-0.3, -0.25) is 0 Å². The number of pyridine rings is 1. The van der Waals surface area contributed by atoms with Crippen molar-refractivity contribution in [1.82, 2.24) is 8.97 Å². The van der Waals surface area contributed by atoms with Crippen LogP contribution < -0.4 is 15.9 Å². The van der Waals surface area contributed by atoms with Gasteiger partial charge >= 0.3 is 0 Å². The Labute approximate surface area is 242 Å². The van der Waals surface area contributed by atoms with Gasteiger partial charge in [0, 0.05) is 54.7 Å². The van der Waals surface area contributed by atoms with Gasteiger partial charge in [-0.15, -0.1) is 0 Å². The van der Waals surface area contributed by atoms with Crippen molar-refractivity contribution in [1.29, 1.82) is 0 Å². The van der Waals surface area contributed by atoms with Crippen molar-refractivity contribution in [3.8, 4) is 5.69 Å². The van der Waals surface area contributed by atoms with Crippen LogP contribution in [0.15, 0.2) is 152 Å². The molecule has 42 heavy (non-hydrogen) atoms. The van der Waals surface area contributed by atoms with Crippen LogP contribution in [0.2, 0.25) is 0 Å². The summed E-state index contributed by atoms with van der Waals surface area (Å²) >= 11 is 0. The molecule has 3 nitrogen and oxygen atoms in total. The third-order valence-electron chi connectivity index (χ3n) is 8.75. The van der Waals surface area contributed by atoms with Crippen molar-refractivity contribution in [2.75, 3.05) is 0 Å². The quantitative estimate of drug-likeness (QED) is 0.158. The number of fused-ring (bicyclic) bond motifs is 5. The molecule has 6 aromatic carbocycles. The first-order valence-electron chi connectivity index (χ1n) is 14.2. The van der Waals surface area contributed by atoms with Crippen LogP contribution in [-0.2, 0) is 4.57 Å². The average molecular weight is 557 g/mol. The zero-order chi connectivity index (χ0) is 27.8. The number of hydrogen-bond acceptors (Lipinski definition) is 1. The summed E-state index contributed by atoms with van der Waals surface area (Å²) in [6.45, 7) is 0. The highest BCUT2D eigenvalue weighted by Crippen LogP contribution is 2.44. The van der Waals surface area contributed by atoms with Crippen molar-refractivity contribution in [2.45, 2.75) is 0 Å². The molecule has 0 N–H and O–H groups in total. The number of benzene rings is 6. The van der Waals surface area contributed by atoms with E-state index in [1.54, 1.807) is 0 Å². The van der Waals surface area contributed by atoms with Crippen LogP contribution in [0.4, 0.5) is 0 Å². The van der Waals surface area contributed by atoms with Crippen LogP contribution >= 0.6 is 7.14 Å². The van der Waals surface area contributed by atoms with Gasteiger partial charge in [-0.05, 0) is 42.5 Å². The maximum absolute atomic E-state index is 14.9. The van der Waals surface area contributed by atoms with Crippen molar-refractivity contribution >= 4 is 72.1 Å². The van der Waals surface area contributed by atoms with Gasteiger partial charge < -0.3 is 13.5 Å². The summed E-state index contributed by atoms with van der Waals surface area (Å²) in [4.78, 5) is 0. The molecule has 0 saturated heterocycles. The van der Waals surface area contributed by atoms with E-state index in [0.717, 1.165) is 21.6 Å². The molecule has 198 valence electrons. The van der Waals surface area contributed by atoms with Crippen molar-refractivity contribution in [3.63, 3.8) is 0 Å². The van der Waals surface area contributed by atoms with Gasteiger partial charge in [0.05, 0.1) is 22.1 Å². The Morgan fingerprint density at radius 2 is 1.00 bits per heavy atom. The highest BCUT2D eigenvalue weighted by atomic mass is 31.2. The van der Waals surface area contributed by atoms with Gasteiger partial charge in [0.1, 0.15) is 0 Å². The van der Waals surface area contributed by atoms with Gasteiger partial charge in [0.2, 0.25) is 0 Å². The van der Waals surface area contributed by atoms with Crippen LogP contribution in [0, 0.1) is 0 Å². The smallest absolute Gasteiger partial charge is 0.171 e. The largest absolute Gasteiger partial charge is 0.315 e. The van der Waals surface area contributed by atoms with Crippen LogP contribution in [0.5, 0.6) is 0 Å². The normalized spacial score (nSPS) is 12.4. The van der Waals surface area contributed by atoms with E-state index >= 15 is 0 Å². The summed E-state index contributed by atoms with van der Waals surface area (Å²) < 4.78 is 19.6. The molecule has 0 radical (unpaired) electrons. The molecule has 0 aliphatic carbocycles. The Morgan fingerprint density at radius 1 is 0.452 bits per heavy atom. The summed E-state index contributed by atoms with van der Waals surface area (Å²) in [7, 11) is -3.04. The molecule has 0 fully saturated rings. The van der Waals surface area contributed by atoms with E-state index in [1.807, 2.05) is 60.7 Å². The third-order valence-corrected chi connectivity index (χ3v) is 11.8. The Kier molecular flexibility index (Phi) is 4.88. The lowest BCUT2D eigenvalue weighted by atomic mass is 10.0. The lowest BCUT2D eigenvalue weighted by molar-refractivity contribution is 0.592. The van der Waals surface area contributed by atoms with Gasteiger partial charge in [0.25, 0.3) is 0 Å². The van der Waals surface area contributed by atoms with Gasteiger partial charge in [-0.2, -0.15) is 0 Å². The van der Waals surface area contributed by atoms with E-state index in [4.69, 9.17) is 0 Å². The average Bonchev–Trinajstić information content (AvgIpc) is 3.62. The highest BCUT2D eigenvalue weighted by Gasteiger charge is 2.29. The molecule has 3 aromatic heterocycles. The molecule has 0 aliphatic heterocycles. The summed E-state index contributed by atoms with van der Waals surface area (Å²) in [5.74, 6) is 0. The Hall–Kier alpha value is -5.11. The second-order valence-corrected chi connectivity index (χ2v) is 13.7. The Bertz CT molecular complexity index is 2430. The van der Waals surface area contributed by atoms with Crippen molar-refractivity contribution in [3.05, 3.63) is 152 Å². The first-order chi connectivity index (χ1) is 20.7. The predicted molar refractivity (Wildman–Crippen MR) is 177 cm³/mol. The number of rotatable bonds is 4. The first kappa shape index (κ1) is 23.6. The van der Waals surface area contributed by atoms with E-state index in [2.05, 4.69) is 100 Å². The van der Waals surface area contributed by atoms with Crippen LogP contribution in [0.25, 0.3) is 54.7 Å². The minimum atomic E-state index is -3.04. The molecular formula is C38H25N2OP. The fraction of sp³-hybridized carbons (Fsp3) is 0. The molecular weight excluding hydrogens is 531 g/mol. The summed E-state index contributed by atoms with van der Waals surface area (Å²) in [6.07, 6.45) is 2.26. The topological polar surface area (TPSA) is 26.4 Å². The molecule has 4 heteroatoms. The van der Waals surface area contributed by atoms with E-state index < -0.39 is 7.14 Å². The molecule has 0 aliphatic rings. The Balaban J connectivity index is 1.30. The lowest BCUT2D eigenvalue weighted by Crippen LogP contribution is -2.24. The van der Waals surface area contributed by atoms with Crippen LogP contribution in [0.3, 0.4) is 0 Å². The second kappa shape index (κ2) is 8.69. The molecule has 0 amide bonds. The monoisotopic (exact) mass is 556 g/mol. The summed E-state index contributed by atoms with van der Waals surface area (Å²) in [5, 5.41) is 8.83. The summed E-state index contributed by atoms with van der Waals surface area (Å²) in [5.41, 5.74) is 5.84. The SMILES string of the molecule is O=P(c1ccccc1)(c1ccccc1)c1ccc(-n2c3cccc4c3c3c2cccc3n2cc3ccccc3c42)cc1. The maximum atomic E-state index is 14.9. The van der Waals surface area contributed by atoms with Crippen molar-refractivity contribution < 1.29 is 4.57 Å². The molecule has 0 saturated carbocycles.